The van der Waals surface area contributed by atoms with Crippen LogP contribution in [0.25, 0.3) is 0 Å². The Morgan fingerprint density at radius 1 is 0.933 bits per heavy atom. The van der Waals surface area contributed by atoms with E-state index in [-0.39, 0.29) is 12.3 Å². The molecule has 30 heavy (non-hydrogen) atoms. The van der Waals surface area contributed by atoms with Crippen LogP contribution in [0, 0.1) is 5.92 Å². The van der Waals surface area contributed by atoms with E-state index in [1.54, 1.807) is 44.2 Å². The summed E-state index contributed by atoms with van der Waals surface area (Å²) in [5.41, 5.74) is 6.24. The molecule has 1 aromatic rings. The molecule has 0 fully saturated rings. The second kappa shape index (κ2) is 11.9. The van der Waals surface area contributed by atoms with Crippen LogP contribution in [-0.4, -0.2) is 64.7 Å². The third kappa shape index (κ3) is 7.80. The average Bonchev–Trinajstić information content (AvgIpc) is 2.70. The quantitative estimate of drug-likeness (QED) is 0.259. The Bertz CT molecular complexity index is 740. The number of benzene rings is 1. The minimum Gasteiger partial charge on any atom is -0.480 e. The van der Waals surface area contributed by atoms with Gasteiger partial charge in [-0.05, 0) is 18.4 Å². The van der Waals surface area contributed by atoms with Gasteiger partial charge in [-0.15, -0.1) is 0 Å². The number of aliphatic carboxylic acids is 1. The predicted octanol–water partition coefficient (Wildman–Crippen LogP) is -1.24. The zero-order valence-electron chi connectivity index (χ0n) is 17.3. The predicted molar refractivity (Wildman–Crippen MR) is 109 cm³/mol. The van der Waals surface area contributed by atoms with Gasteiger partial charge in [0.1, 0.15) is 24.2 Å². The van der Waals surface area contributed by atoms with Crippen LogP contribution in [0.4, 0.5) is 0 Å². The summed E-state index contributed by atoms with van der Waals surface area (Å²) in [6, 6.07) is 4.51. The number of carbonyl (C=O) groups is 4. The SMILES string of the molecule is CC(NC(=O)C(Cc1ccccc1)NC(=O)C(NC(=O)C(N)CO)C(C)C)C(=O)O. The third-order valence-electron chi connectivity index (χ3n) is 4.43. The van der Waals surface area contributed by atoms with Crippen molar-refractivity contribution in [3.63, 3.8) is 0 Å². The van der Waals surface area contributed by atoms with Crippen LogP contribution in [0.1, 0.15) is 26.3 Å². The Kier molecular flexibility index (Phi) is 9.93. The van der Waals surface area contributed by atoms with E-state index in [4.69, 9.17) is 15.9 Å². The van der Waals surface area contributed by atoms with Gasteiger partial charge in [0.2, 0.25) is 17.7 Å². The summed E-state index contributed by atoms with van der Waals surface area (Å²) < 4.78 is 0. The molecule has 0 bridgehead atoms. The summed E-state index contributed by atoms with van der Waals surface area (Å²) in [6.45, 7) is 4.14. The highest BCUT2D eigenvalue weighted by Gasteiger charge is 2.31. The molecule has 0 saturated carbocycles. The molecule has 4 unspecified atom stereocenters. The smallest absolute Gasteiger partial charge is 0.325 e. The standard InChI is InChI=1S/C20H30N4O6/c1-11(2)16(24-17(26)14(21)10-25)19(28)23-15(9-13-7-5-4-6-8-13)18(27)22-12(3)20(29)30/h4-8,11-12,14-16,25H,9-10,21H2,1-3H3,(H,22,27)(H,23,28)(H,24,26)(H,29,30). The number of nitrogens with two attached hydrogens (primary N) is 1. The Balaban J connectivity index is 3.01. The van der Waals surface area contributed by atoms with E-state index in [9.17, 15) is 19.2 Å². The molecule has 4 atom stereocenters. The zero-order chi connectivity index (χ0) is 22.8. The first kappa shape index (κ1) is 25.1. The molecule has 10 nitrogen and oxygen atoms in total. The number of rotatable bonds is 11. The van der Waals surface area contributed by atoms with E-state index < -0.39 is 54.5 Å². The molecule has 0 spiro atoms. The fourth-order valence-corrected chi connectivity index (χ4v) is 2.57. The Hall–Kier alpha value is -2.98. The molecule has 0 aliphatic heterocycles. The summed E-state index contributed by atoms with van der Waals surface area (Å²) in [6.07, 6.45) is 0.125. The minimum absolute atomic E-state index is 0.125. The highest BCUT2D eigenvalue weighted by Crippen LogP contribution is 2.07. The van der Waals surface area contributed by atoms with Crippen molar-refractivity contribution in [1.29, 1.82) is 0 Å². The van der Waals surface area contributed by atoms with Crippen LogP contribution >= 0.6 is 0 Å². The van der Waals surface area contributed by atoms with Crippen LogP contribution in [0.3, 0.4) is 0 Å². The maximum Gasteiger partial charge on any atom is 0.325 e. The Morgan fingerprint density at radius 2 is 1.53 bits per heavy atom. The first-order chi connectivity index (χ1) is 14.1. The van der Waals surface area contributed by atoms with Crippen molar-refractivity contribution in [3.8, 4) is 0 Å². The van der Waals surface area contributed by atoms with Gasteiger partial charge in [0, 0.05) is 6.42 Å². The highest BCUT2D eigenvalue weighted by molar-refractivity contribution is 5.94. The summed E-state index contributed by atoms with van der Waals surface area (Å²) in [5.74, 6) is -3.53. The van der Waals surface area contributed by atoms with Gasteiger partial charge in [-0.1, -0.05) is 44.2 Å². The van der Waals surface area contributed by atoms with Gasteiger partial charge in [0.05, 0.1) is 6.61 Å². The highest BCUT2D eigenvalue weighted by atomic mass is 16.4. The van der Waals surface area contributed by atoms with Crippen molar-refractivity contribution in [3.05, 3.63) is 35.9 Å². The molecular weight excluding hydrogens is 392 g/mol. The fourth-order valence-electron chi connectivity index (χ4n) is 2.57. The van der Waals surface area contributed by atoms with Crippen LogP contribution in [0.5, 0.6) is 0 Å². The van der Waals surface area contributed by atoms with E-state index in [0.717, 1.165) is 5.56 Å². The molecule has 1 aromatic carbocycles. The van der Waals surface area contributed by atoms with Crippen LogP contribution in [0.15, 0.2) is 30.3 Å². The summed E-state index contributed by atoms with van der Waals surface area (Å²) in [4.78, 5) is 48.5. The van der Waals surface area contributed by atoms with Crippen LogP contribution in [-0.2, 0) is 25.6 Å². The lowest BCUT2D eigenvalue weighted by molar-refractivity contribution is -0.141. The zero-order valence-corrected chi connectivity index (χ0v) is 17.3. The number of nitrogens with one attached hydrogen (secondary N) is 3. The largest absolute Gasteiger partial charge is 0.480 e. The van der Waals surface area contributed by atoms with Gasteiger partial charge < -0.3 is 31.9 Å². The van der Waals surface area contributed by atoms with E-state index in [0.29, 0.717) is 0 Å². The van der Waals surface area contributed by atoms with Crippen molar-refractivity contribution in [2.24, 2.45) is 11.7 Å². The molecule has 0 aliphatic carbocycles. The minimum atomic E-state index is -1.21. The van der Waals surface area contributed by atoms with Gasteiger partial charge in [-0.25, -0.2) is 0 Å². The first-order valence-corrected chi connectivity index (χ1v) is 9.61. The molecule has 0 aromatic heterocycles. The number of hydrogen-bond donors (Lipinski definition) is 6. The third-order valence-corrected chi connectivity index (χ3v) is 4.43. The van der Waals surface area contributed by atoms with Gasteiger partial charge >= 0.3 is 5.97 Å². The van der Waals surface area contributed by atoms with Crippen LogP contribution in [0.2, 0.25) is 0 Å². The normalized spacial score (nSPS) is 14.9. The van der Waals surface area contributed by atoms with Crippen molar-refractivity contribution >= 4 is 23.7 Å². The summed E-state index contributed by atoms with van der Waals surface area (Å²) in [7, 11) is 0. The molecule has 0 saturated heterocycles. The monoisotopic (exact) mass is 422 g/mol. The van der Waals surface area contributed by atoms with Crippen molar-refractivity contribution in [2.75, 3.05) is 6.61 Å². The second-order valence-corrected chi connectivity index (χ2v) is 7.34. The Morgan fingerprint density at radius 3 is 2.03 bits per heavy atom. The number of amides is 3. The lowest BCUT2D eigenvalue weighted by Gasteiger charge is -2.26. The maximum absolute atomic E-state index is 12.8. The van der Waals surface area contributed by atoms with Gasteiger partial charge in [-0.3, -0.25) is 19.2 Å². The molecule has 7 N–H and O–H groups in total. The van der Waals surface area contributed by atoms with Gasteiger partial charge in [-0.2, -0.15) is 0 Å². The lowest BCUT2D eigenvalue weighted by Crippen LogP contribution is -2.59. The van der Waals surface area contributed by atoms with Crippen molar-refractivity contribution in [2.45, 2.75) is 51.4 Å². The molecule has 0 radical (unpaired) electrons. The van der Waals surface area contributed by atoms with E-state index in [1.807, 2.05) is 0 Å². The van der Waals surface area contributed by atoms with Crippen LogP contribution < -0.4 is 21.7 Å². The molecular formula is C20H30N4O6. The molecule has 3 amide bonds. The Labute approximate surface area is 175 Å². The van der Waals surface area contributed by atoms with Crippen molar-refractivity contribution in [1.82, 2.24) is 16.0 Å². The number of carboxylic acid groups (broad SMARTS) is 1. The number of aliphatic hydroxyl groups is 1. The number of carboxylic acids is 1. The first-order valence-electron chi connectivity index (χ1n) is 9.61. The molecule has 10 heteroatoms. The van der Waals surface area contributed by atoms with E-state index in [1.165, 1.54) is 6.92 Å². The van der Waals surface area contributed by atoms with E-state index in [2.05, 4.69) is 16.0 Å². The van der Waals surface area contributed by atoms with E-state index >= 15 is 0 Å². The van der Waals surface area contributed by atoms with Gasteiger partial charge in [0.25, 0.3) is 0 Å². The molecule has 0 aliphatic rings. The molecule has 1 rings (SSSR count). The number of carbonyl (C=O) groups excluding carboxylic acids is 3. The second-order valence-electron chi connectivity index (χ2n) is 7.34. The average molecular weight is 422 g/mol. The molecule has 166 valence electrons. The van der Waals surface area contributed by atoms with Crippen molar-refractivity contribution < 1.29 is 29.4 Å². The lowest BCUT2D eigenvalue weighted by atomic mass is 10.0. The fraction of sp³-hybridized carbons (Fsp3) is 0.500. The molecule has 0 heterocycles. The number of aliphatic hydroxyl groups excluding tert-OH is 1. The maximum atomic E-state index is 12.8. The summed E-state index contributed by atoms with van der Waals surface area (Å²) >= 11 is 0. The number of hydrogen-bond acceptors (Lipinski definition) is 6. The topological polar surface area (TPSA) is 171 Å². The summed E-state index contributed by atoms with van der Waals surface area (Å²) in [5, 5.41) is 25.5. The van der Waals surface area contributed by atoms with Gasteiger partial charge in [0.15, 0.2) is 0 Å².